The molecule has 0 bridgehead atoms. The van der Waals surface area contributed by atoms with Crippen molar-refractivity contribution in [2.24, 2.45) is 10.7 Å². The molecule has 0 spiro atoms. The summed E-state index contributed by atoms with van der Waals surface area (Å²) in [4.78, 5) is 8.66. The molecule has 0 aliphatic heterocycles. The van der Waals surface area contributed by atoms with Crippen molar-refractivity contribution in [2.75, 3.05) is 5.32 Å². The maximum absolute atomic E-state index is 5.92. The van der Waals surface area contributed by atoms with Crippen molar-refractivity contribution in [1.29, 1.82) is 0 Å². The Morgan fingerprint density at radius 3 is 2.68 bits per heavy atom. The molecule has 1 aromatic heterocycles. The molecule has 4 N–H and O–H groups in total. The number of aliphatic imine (C=N–C) groups is 1. The van der Waals surface area contributed by atoms with Crippen LogP contribution >= 0.6 is 0 Å². The second-order valence-corrected chi connectivity index (χ2v) is 5.90. The minimum absolute atomic E-state index is 0.295. The molecular weight excluding hydrogens is 276 g/mol. The molecule has 0 unspecified atom stereocenters. The van der Waals surface area contributed by atoms with E-state index in [1.165, 1.54) is 5.56 Å². The summed E-state index contributed by atoms with van der Waals surface area (Å²) in [7, 11) is 0. The quantitative estimate of drug-likeness (QED) is 0.584. The van der Waals surface area contributed by atoms with Crippen LogP contribution in [0.4, 0.5) is 5.69 Å². The fourth-order valence-electron chi connectivity index (χ4n) is 1.96. The fraction of sp³-hybridized carbons (Fsp3) is 0.438. The van der Waals surface area contributed by atoms with Crippen LogP contribution in [-0.2, 0) is 6.54 Å². The number of hydrogen-bond donors (Lipinski definition) is 3. The van der Waals surface area contributed by atoms with Gasteiger partial charge in [-0.3, -0.25) is 5.10 Å². The van der Waals surface area contributed by atoms with Crippen LogP contribution in [-0.4, -0.2) is 21.1 Å². The van der Waals surface area contributed by atoms with E-state index in [9.17, 15) is 0 Å². The molecule has 0 fully saturated rings. The van der Waals surface area contributed by atoms with Gasteiger partial charge in [-0.25, -0.2) is 9.98 Å². The van der Waals surface area contributed by atoms with Gasteiger partial charge >= 0.3 is 0 Å². The third kappa shape index (κ3) is 4.31. The lowest BCUT2D eigenvalue weighted by Gasteiger charge is -2.09. The summed E-state index contributed by atoms with van der Waals surface area (Å²) in [6, 6.07) is 8.17. The van der Waals surface area contributed by atoms with E-state index in [4.69, 9.17) is 5.73 Å². The summed E-state index contributed by atoms with van der Waals surface area (Å²) in [5.41, 5.74) is 8.12. The van der Waals surface area contributed by atoms with Gasteiger partial charge in [0.1, 0.15) is 12.4 Å². The highest BCUT2D eigenvalue weighted by molar-refractivity contribution is 5.92. The van der Waals surface area contributed by atoms with Gasteiger partial charge in [-0.2, -0.15) is 5.10 Å². The number of nitrogens with zero attached hydrogens (tertiary/aromatic N) is 3. The third-order valence-corrected chi connectivity index (χ3v) is 3.29. The van der Waals surface area contributed by atoms with Gasteiger partial charge in [-0.05, 0) is 23.6 Å². The van der Waals surface area contributed by atoms with E-state index < -0.39 is 0 Å². The topological polar surface area (TPSA) is 92.0 Å². The molecule has 1 aromatic carbocycles. The minimum Gasteiger partial charge on any atom is -0.370 e. The molecule has 2 rings (SSSR count). The summed E-state index contributed by atoms with van der Waals surface area (Å²) < 4.78 is 0. The predicted octanol–water partition coefficient (Wildman–Crippen LogP) is 2.98. The standard InChI is InChI=1S/C16H24N6/c1-10(2)12-6-5-7-13(8-12)19-16(17)18-9-14-20-15(11(3)4)22-21-14/h5-8,10-11H,9H2,1-4H3,(H3,17,18,19)(H,20,21,22). The second kappa shape index (κ2) is 7.06. The van der Waals surface area contributed by atoms with Gasteiger partial charge in [0, 0.05) is 11.6 Å². The average molecular weight is 300 g/mol. The number of rotatable bonds is 5. The molecule has 118 valence electrons. The fourth-order valence-corrected chi connectivity index (χ4v) is 1.96. The van der Waals surface area contributed by atoms with Crippen molar-refractivity contribution in [1.82, 2.24) is 15.2 Å². The molecule has 0 radical (unpaired) electrons. The number of nitrogens with one attached hydrogen (secondary N) is 2. The number of aromatic amines is 1. The Labute approximate surface area is 131 Å². The predicted molar refractivity (Wildman–Crippen MR) is 90.0 cm³/mol. The van der Waals surface area contributed by atoms with Crippen molar-refractivity contribution < 1.29 is 0 Å². The summed E-state index contributed by atoms with van der Waals surface area (Å²) in [5, 5.41) is 10.1. The molecule has 6 nitrogen and oxygen atoms in total. The lowest BCUT2D eigenvalue weighted by molar-refractivity contribution is 0.780. The zero-order valence-corrected chi connectivity index (χ0v) is 13.6. The van der Waals surface area contributed by atoms with Gasteiger partial charge in [0.25, 0.3) is 0 Å². The number of nitrogens with two attached hydrogens (primary N) is 1. The summed E-state index contributed by atoms with van der Waals surface area (Å²) >= 11 is 0. The Morgan fingerprint density at radius 1 is 1.27 bits per heavy atom. The van der Waals surface area contributed by atoms with Crippen LogP contribution < -0.4 is 11.1 Å². The number of H-pyrrole nitrogens is 1. The maximum Gasteiger partial charge on any atom is 0.193 e. The van der Waals surface area contributed by atoms with Crippen LogP contribution in [0.15, 0.2) is 29.3 Å². The molecule has 2 aromatic rings. The van der Waals surface area contributed by atoms with Crippen molar-refractivity contribution in [3.8, 4) is 0 Å². The van der Waals surface area contributed by atoms with Crippen LogP contribution in [0.5, 0.6) is 0 Å². The van der Waals surface area contributed by atoms with E-state index in [1.54, 1.807) is 0 Å². The van der Waals surface area contributed by atoms with Crippen molar-refractivity contribution in [3.05, 3.63) is 41.5 Å². The first-order valence-electron chi connectivity index (χ1n) is 7.53. The molecule has 22 heavy (non-hydrogen) atoms. The second-order valence-electron chi connectivity index (χ2n) is 5.90. The number of hydrogen-bond acceptors (Lipinski definition) is 3. The number of guanidine groups is 1. The van der Waals surface area contributed by atoms with E-state index in [0.29, 0.717) is 30.2 Å². The Kier molecular flexibility index (Phi) is 5.14. The first kappa shape index (κ1) is 16.0. The summed E-state index contributed by atoms with van der Waals surface area (Å²) in [5.74, 6) is 2.64. The third-order valence-electron chi connectivity index (χ3n) is 3.29. The highest BCUT2D eigenvalue weighted by Gasteiger charge is 2.06. The highest BCUT2D eigenvalue weighted by Crippen LogP contribution is 2.18. The van der Waals surface area contributed by atoms with E-state index in [2.05, 4.69) is 51.5 Å². The lowest BCUT2D eigenvalue weighted by atomic mass is 10.0. The van der Waals surface area contributed by atoms with E-state index >= 15 is 0 Å². The van der Waals surface area contributed by atoms with Gasteiger partial charge in [0.05, 0.1) is 0 Å². The highest BCUT2D eigenvalue weighted by atomic mass is 15.2. The minimum atomic E-state index is 0.295. The van der Waals surface area contributed by atoms with Gasteiger partial charge in [0.15, 0.2) is 11.8 Å². The zero-order valence-electron chi connectivity index (χ0n) is 13.6. The van der Waals surface area contributed by atoms with E-state index in [0.717, 1.165) is 11.5 Å². The van der Waals surface area contributed by atoms with Gasteiger partial charge in [0.2, 0.25) is 0 Å². The Bertz CT molecular complexity index is 642. The summed E-state index contributed by atoms with van der Waals surface area (Å²) in [6.07, 6.45) is 0. The number of benzene rings is 1. The van der Waals surface area contributed by atoms with Crippen LogP contribution in [0.1, 0.15) is 56.7 Å². The van der Waals surface area contributed by atoms with E-state index in [1.807, 2.05) is 26.0 Å². The molecule has 0 amide bonds. The van der Waals surface area contributed by atoms with Crippen LogP contribution in [0.25, 0.3) is 0 Å². The average Bonchev–Trinajstić information content (AvgIpc) is 2.94. The molecule has 0 aliphatic rings. The normalized spacial score (nSPS) is 12.2. The van der Waals surface area contributed by atoms with Crippen LogP contribution in [0.2, 0.25) is 0 Å². The molecule has 1 heterocycles. The van der Waals surface area contributed by atoms with Gasteiger partial charge in [-0.15, -0.1) is 0 Å². The summed E-state index contributed by atoms with van der Waals surface area (Å²) in [6.45, 7) is 8.80. The molecule has 0 atom stereocenters. The smallest absolute Gasteiger partial charge is 0.193 e. The van der Waals surface area contributed by atoms with Crippen molar-refractivity contribution in [3.63, 3.8) is 0 Å². The van der Waals surface area contributed by atoms with Crippen LogP contribution in [0, 0.1) is 0 Å². The molecular formula is C16H24N6. The van der Waals surface area contributed by atoms with Crippen molar-refractivity contribution in [2.45, 2.75) is 46.1 Å². The SMILES string of the molecule is CC(C)c1cccc(NC(N)=NCc2nc(C(C)C)n[nH]2)c1. The molecule has 0 saturated carbocycles. The van der Waals surface area contributed by atoms with E-state index in [-0.39, 0.29) is 0 Å². The molecule has 0 saturated heterocycles. The maximum atomic E-state index is 5.92. The zero-order chi connectivity index (χ0) is 16.1. The number of aromatic nitrogens is 3. The number of anilines is 1. The first-order valence-corrected chi connectivity index (χ1v) is 7.53. The van der Waals surface area contributed by atoms with Gasteiger partial charge < -0.3 is 11.1 Å². The van der Waals surface area contributed by atoms with Crippen LogP contribution in [0.3, 0.4) is 0 Å². The first-order chi connectivity index (χ1) is 10.5. The Morgan fingerprint density at radius 2 is 2.05 bits per heavy atom. The van der Waals surface area contributed by atoms with Crippen molar-refractivity contribution >= 4 is 11.6 Å². The largest absolute Gasteiger partial charge is 0.370 e. The Hall–Kier alpha value is -2.37. The molecule has 0 aliphatic carbocycles. The lowest BCUT2D eigenvalue weighted by Crippen LogP contribution is -2.22. The van der Waals surface area contributed by atoms with Gasteiger partial charge in [-0.1, -0.05) is 39.8 Å². The monoisotopic (exact) mass is 300 g/mol. The molecule has 6 heteroatoms. The Balaban J connectivity index is 1.98.